The molecule has 5 nitrogen and oxygen atoms in total. The molecule has 17 heavy (non-hydrogen) atoms. The fourth-order valence-corrected chi connectivity index (χ4v) is 2.02. The maximum atomic E-state index is 5.65. The summed E-state index contributed by atoms with van der Waals surface area (Å²) in [6, 6.07) is 2.06. The number of rotatable bonds is 5. The maximum Gasteiger partial charge on any atom is 0.154 e. The van der Waals surface area contributed by atoms with Gasteiger partial charge in [0.2, 0.25) is 0 Å². The van der Waals surface area contributed by atoms with Crippen molar-refractivity contribution in [3.63, 3.8) is 0 Å². The van der Waals surface area contributed by atoms with Crippen LogP contribution in [0.1, 0.15) is 19.0 Å². The number of aryl methyl sites for hydroxylation is 1. The standard InChI is InChI=1S/C12H19N5/c1-3-6-16(7-4-13)12-11-9-10(2)15-17(11)8-5-14-12/h5,8-9H,3-4,6-7,13H2,1-2H3. The van der Waals surface area contributed by atoms with E-state index in [9.17, 15) is 0 Å². The zero-order valence-corrected chi connectivity index (χ0v) is 10.4. The predicted octanol–water partition coefficient (Wildman–Crippen LogP) is 1.21. The highest BCUT2D eigenvalue weighted by molar-refractivity contribution is 5.69. The van der Waals surface area contributed by atoms with Gasteiger partial charge in [-0.05, 0) is 19.4 Å². The Balaban J connectivity index is 2.44. The van der Waals surface area contributed by atoms with Crippen molar-refractivity contribution >= 4 is 11.3 Å². The van der Waals surface area contributed by atoms with Crippen LogP contribution in [-0.4, -0.2) is 34.2 Å². The summed E-state index contributed by atoms with van der Waals surface area (Å²) in [5.41, 5.74) is 7.71. The molecule has 0 aliphatic heterocycles. The second-order valence-electron chi connectivity index (χ2n) is 4.14. The van der Waals surface area contributed by atoms with E-state index in [1.807, 2.05) is 17.6 Å². The second-order valence-corrected chi connectivity index (χ2v) is 4.14. The van der Waals surface area contributed by atoms with Crippen LogP contribution in [0.3, 0.4) is 0 Å². The highest BCUT2D eigenvalue weighted by atomic mass is 15.3. The van der Waals surface area contributed by atoms with Gasteiger partial charge in [-0.2, -0.15) is 5.10 Å². The Hall–Kier alpha value is -1.62. The Morgan fingerprint density at radius 2 is 2.24 bits per heavy atom. The molecule has 2 aromatic heterocycles. The molecule has 0 saturated carbocycles. The molecule has 0 aliphatic rings. The van der Waals surface area contributed by atoms with Crippen molar-refractivity contribution < 1.29 is 0 Å². The van der Waals surface area contributed by atoms with Gasteiger partial charge in [-0.25, -0.2) is 9.50 Å². The number of nitrogens with zero attached hydrogens (tertiary/aromatic N) is 4. The van der Waals surface area contributed by atoms with Crippen LogP contribution in [0.25, 0.3) is 5.52 Å². The summed E-state index contributed by atoms with van der Waals surface area (Å²) in [4.78, 5) is 6.69. The van der Waals surface area contributed by atoms with E-state index in [1.165, 1.54) is 0 Å². The van der Waals surface area contributed by atoms with Crippen LogP contribution < -0.4 is 10.6 Å². The summed E-state index contributed by atoms with van der Waals surface area (Å²) in [6.45, 7) is 6.57. The third-order valence-corrected chi connectivity index (χ3v) is 2.68. The number of anilines is 1. The summed E-state index contributed by atoms with van der Waals surface area (Å²) < 4.78 is 1.87. The van der Waals surface area contributed by atoms with E-state index in [2.05, 4.69) is 28.0 Å². The highest BCUT2D eigenvalue weighted by Gasteiger charge is 2.11. The van der Waals surface area contributed by atoms with Crippen molar-refractivity contribution in [2.24, 2.45) is 5.73 Å². The SMILES string of the molecule is CCCN(CCN)c1nccn2nc(C)cc12. The average Bonchev–Trinajstić information content (AvgIpc) is 2.68. The molecule has 0 bridgehead atoms. The molecule has 2 N–H and O–H groups in total. The lowest BCUT2D eigenvalue weighted by Gasteiger charge is -2.22. The van der Waals surface area contributed by atoms with Crippen molar-refractivity contribution in [1.29, 1.82) is 0 Å². The van der Waals surface area contributed by atoms with Gasteiger partial charge in [0.15, 0.2) is 5.82 Å². The molecule has 2 heterocycles. The minimum atomic E-state index is 0.635. The molecule has 5 heteroatoms. The molecular formula is C12H19N5. The number of nitrogens with two attached hydrogens (primary N) is 1. The third kappa shape index (κ3) is 2.39. The minimum absolute atomic E-state index is 0.635. The van der Waals surface area contributed by atoms with E-state index in [0.717, 1.165) is 36.5 Å². The molecular weight excluding hydrogens is 214 g/mol. The normalized spacial score (nSPS) is 11.0. The Bertz CT molecular complexity index is 485. The number of fused-ring (bicyclic) bond motifs is 1. The topological polar surface area (TPSA) is 59.5 Å². The van der Waals surface area contributed by atoms with E-state index in [-0.39, 0.29) is 0 Å². The maximum absolute atomic E-state index is 5.65. The van der Waals surface area contributed by atoms with Gasteiger partial charge in [-0.15, -0.1) is 0 Å². The predicted molar refractivity (Wildman–Crippen MR) is 69.3 cm³/mol. The van der Waals surface area contributed by atoms with E-state index in [0.29, 0.717) is 6.54 Å². The van der Waals surface area contributed by atoms with Gasteiger partial charge in [0.1, 0.15) is 5.52 Å². The second kappa shape index (κ2) is 5.14. The van der Waals surface area contributed by atoms with Crippen molar-refractivity contribution in [1.82, 2.24) is 14.6 Å². The van der Waals surface area contributed by atoms with E-state index in [1.54, 1.807) is 6.20 Å². The van der Waals surface area contributed by atoms with Crippen molar-refractivity contribution in [2.75, 3.05) is 24.5 Å². The number of hydrogen-bond acceptors (Lipinski definition) is 4. The molecule has 2 aromatic rings. The minimum Gasteiger partial charge on any atom is -0.354 e. The molecule has 0 atom stereocenters. The number of hydrogen-bond donors (Lipinski definition) is 1. The van der Waals surface area contributed by atoms with Gasteiger partial charge in [-0.1, -0.05) is 6.92 Å². The van der Waals surface area contributed by atoms with Crippen LogP contribution in [0.2, 0.25) is 0 Å². The molecule has 0 aromatic carbocycles. The smallest absolute Gasteiger partial charge is 0.154 e. The first-order chi connectivity index (χ1) is 8.26. The molecule has 92 valence electrons. The van der Waals surface area contributed by atoms with Crippen LogP contribution in [0, 0.1) is 6.92 Å². The highest BCUT2D eigenvalue weighted by Crippen LogP contribution is 2.19. The summed E-state index contributed by atoms with van der Waals surface area (Å²) in [5.74, 6) is 0.973. The average molecular weight is 233 g/mol. The molecule has 0 saturated heterocycles. The van der Waals surface area contributed by atoms with E-state index >= 15 is 0 Å². The van der Waals surface area contributed by atoms with Gasteiger partial charge in [-0.3, -0.25) is 0 Å². The van der Waals surface area contributed by atoms with Crippen LogP contribution in [0.15, 0.2) is 18.5 Å². The van der Waals surface area contributed by atoms with Crippen LogP contribution in [0.4, 0.5) is 5.82 Å². The summed E-state index contributed by atoms with van der Waals surface area (Å²) >= 11 is 0. The first kappa shape index (κ1) is 11.9. The largest absolute Gasteiger partial charge is 0.354 e. The fraction of sp³-hybridized carbons (Fsp3) is 0.500. The van der Waals surface area contributed by atoms with E-state index < -0.39 is 0 Å². The molecule has 0 unspecified atom stereocenters. The fourth-order valence-electron chi connectivity index (χ4n) is 2.02. The van der Waals surface area contributed by atoms with Gasteiger partial charge in [0.05, 0.1) is 5.69 Å². The zero-order chi connectivity index (χ0) is 12.3. The van der Waals surface area contributed by atoms with Crippen molar-refractivity contribution in [3.05, 3.63) is 24.2 Å². The van der Waals surface area contributed by atoms with Gasteiger partial charge in [0, 0.05) is 32.0 Å². The lowest BCUT2D eigenvalue weighted by Crippen LogP contribution is -2.31. The van der Waals surface area contributed by atoms with Gasteiger partial charge >= 0.3 is 0 Å². The van der Waals surface area contributed by atoms with Gasteiger partial charge < -0.3 is 10.6 Å². The molecule has 0 fully saturated rings. The molecule has 0 aliphatic carbocycles. The third-order valence-electron chi connectivity index (χ3n) is 2.68. The zero-order valence-electron chi connectivity index (χ0n) is 10.4. The first-order valence-corrected chi connectivity index (χ1v) is 6.02. The van der Waals surface area contributed by atoms with E-state index in [4.69, 9.17) is 5.73 Å². The molecule has 2 rings (SSSR count). The number of aromatic nitrogens is 3. The van der Waals surface area contributed by atoms with Crippen molar-refractivity contribution in [3.8, 4) is 0 Å². The Kier molecular flexibility index (Phi) is 3.58. The Morgan fingerprint density at radius 1 is 1.41 bits per heavy atom. The Labute approximate surface area is 101 Å². The first-order valence-electron chi connectivity index (χ1n) is 6.02. The lowest BCUT2D eigenvalue weighted by atomic mass is 10.3. The summed E-state index contributed by atoms with van der Waals surface area (Å²) in [5, 5.41) is 4.40. The molecule has 0 radical (unpaired) electrons. The quantitative estimate of drug-likeness (QED) is 0.843. The van der Waals surface area contributed by atoms with Crippen molar-refractivity contribution in [2.45, 2.75) is 20.3 Å². The lowest BCUT2D eigenvalue weighted by molar-refractivity contribution is 0.749. The van der Waals surface area contributed by atoms with Gasteiger partial charge in [0.25, 0.3) is 0 Å². The summed E-state index contributed by atoms with van der Waals surface area (Å²) in [6.07, 6.45) is 4.74. The summed E-state index contributed by atoms with van der Waals surface area (Å²) in [7, 11) is 0. The van der Waals surface area contributed by atoms with Crippen LogP contribution in [-0.2, 0) is 0 Å². The molecule has 0 spiro atoms. The Morgan fingerprint density at radius 3 is 2.94 bits per heavy atom. The van der Waals surface area contributed by atoms with Crippen LogP contribution >= 0.6 is 0 Å². The molecule has 0 amide bonds. The monoisotopic (exact) mass is 233 g/mol. The van der Waals surface area contributed by atoms with Crippen LogP contribution in [0.5, 0.6) is 0 Å².